The van der Waals surface area contributed by atoms with E-state index in [1.807, 2.05) is 12.3 Å². The molecule has 1 aliphatic rings. The van der Waals surface area contributed by atoms with Crippen molar-refractivity contribution < 1.29 is 14.3 Å². The predicted octanol–water partition coefficient (Wildman–Crippen LogP) is 2.08. The number of thiophene rings is 1. The minimum absolute atomic E-state index is 0.137. The highest BCUT2D eigenvalue weighted by molar-refractivity contribution is 7.12. The molecule has 2 atom stereocenters. The molecule has 118 valence electrons. The van der Waals surface area contributed by atoms with E-state index in [1.165, 1.54) is 22.3 Å². The molecule has 0 radical (unpaired) electrons. The number of aromatic nitrogens is 4. The van der Waals surface area contributed by atoms with Crippen molar-refractivity contribution >= 4 is 17.3 Å². The first-order valence-corrected chi connectivity index (χ1v) is 8.05. The summed E-state index contributed by atoms with van der Waals surface area (Å²) in [5.41, 5.74) is 0.469. The largest absolute Gasteiger partial charge is 0.457 e. The van der Waals surface area contributed by atoms with Crippen LogP contribution in [0.1, 0.15) is 36.9 Å². The molecule has 2 aromatic heterocycles. The summed E-state index contributed by atoms with van der Waals surface area (Å²) in [5.74, 6) is -0.339. The fourth-order valence-electron chi connectivity index (χ4n) is 2.62. The number of nitrogens with zero attached hydrogens (tertiary/aromatic N) is 4. The summed E-state index contributed by atoms with van der Waals surface area (Å²) in [7, 11) is 0. The first-order chi connectivity index (χ1) is 10.5. The number of carbonyl (C=O) groups excluding carboxylic acids is 1. The summed E-state index contributed by atoms with van der Waals surface area (Å²) in [6.07, 6.45) is 2.19. The van der Waals surface area contributed by atoms with E-state index in [-0.39, 0.29) is 23.6 Å². The molecule has 0 saturated heterocycles. The van der Waals surface area contributed by atoms with Gasteiger partial charge in [0.05, 0.1) is 11.8 Å². The van der Waals surface area contributed by atoms with Crippen molar-refractivity contribution in [2.45, 2.75) is 39.4 Å². The molecule has 0 amide bonds. The number of esters is 1. The summed E-state index contributed by atoms with van der Waals surface area (Å²) in [4.78, 5) is 12.9. The SMILES string of the molecule is CCO[C@H]1C[C@H](OC(=O)c2sccc2-n2cnnn2)C1(C)C. The minimum atomic E-state index is -0.339. The van der Waals surface area contributed by atoms with Crippen LogP contribution in [0.2, 0.25) is 0 Å². The molecule has 7 nitrogen and oxygen atoms in total. The molecule has 0 aromatic carbocycles. The van der Waals surface area contributed by atoms with Crippen molar-refractivity contribution in [3.05, 3.63) is 22.7 Å². The Morgan fingerprint density at radius 2 is 2.32 bits per heavy atom. The summed E-state index contributed by atoms with van der Waals surface area (Å²) < 4.78 is 12.8. The Balaban J connectivity index is 1.71. The van der Waals surface area contributed by atoms with Crippen LogP contribution >= 0.6 is 11.3 Å². The third-order valence-electron chi connectivity index (χ3n) is 4.13. The molecule has 0 spiro atoms. The molecule has 2 aromatic rings. The Morgan fingerprint density at radius 3 is 2.95 bits per heavy atom. The van der Waals surface area contributed by atoms with Gasteiger partial charge in [0.25, 0.3) is 0 Å². The van der Waals surface area contributed by atoms with E-state index in [0.717, 1.165) is 6.42 Å². The maximum atomic E-state index is 12.4. The van der Waals surface area contributed by atoms with Crippen molar-refractivity contribution in [1.82, 2.24) is 20.2 Å². The lowest BCUT2D eigenvalue weighted by Crippen LogP contribution is -2.56. The minimum Gasteiger partial charge on any atom is -0.457 e. The van der Waals surface area contributed by atoms with Gasteiger partial charge in [0.1, 0.15) is 17.3 Å². The van der Waals surface area contributed by atoms with Gasteiger partial charge in [-0.3, -0.25) is 0 Å². The van der Waals surface area contributed by atoms with Crippen LogP contribution in [0, 0.1) is 5.41 Å². The predicted molar refractivity (Wildman–Crippen MR) is 80.0 cm³/mol. The van der Waals surface area contributed by atoms with Gasteiger partial charge in [-0.05, 0) is 28.8 Å². The third-order valence-corrected chi connectivity index (χ3v) is 5.01. The van der Waals surface area contributed by atoms with Crippen molar-refractivity contribution in [1.29, 1.82) is 0 Å². The number of hydrogen-bond donors (Lipinski definition) is 0. The summed E-state index contributed by atoms with van der Waals surface area (Å²) >= 11 is 1.32. The second-order valence-corrected chi connectivity index (χ2v) is 6.70. The van der Waals surface area contributed by atoms with Crippen LogP contribution in [0.15, 0.2) is 17.8 Å². The van der Waals surface area contributed by atoms with Crippen LogP contribution in [-0.4, -0.2) is 45.0 Å². The molecular formula is C14H18N4O3S. The molecule has 2 heterocycles. The van der Waals surface area contributed by atoms with Crippen LogP contribution in [0.4, 0.5) is 0 Å². The number of tetrazole rings is 1. The molecule has 0 bridgehead atoms. The van der Waals surface area contributed by atoms with Crippen LogP contribution in [0.5, 0.6) is 0 Å². The van der Waals surface area contributed by atoms with Gasteiger partial charge in [-0.1, -0.05) is 13.8 Å². The van der Waals surface area contributed by atoms with E-state index >= 15 is 0 Å². The zero-order valence-electron chi connectivity index (χ0n) is 12.7. The number of carbonyl (C=O) groups is 1. The Labute approximate surface area is 132 Å². The highest BCUT2D eigenvalue weighted by Crippen LogP contribution is 2.45. The van der Waals surface area contributed by atoms with E-state index < -0.39 is 0 Å². The monoisotopic (exact) mass is 322 g/mol. The number of hydrogen-bond acceptors (Lipinski definition) is 7. The fourth-order valence-corrected chi connectivity index (χ4v) is 3.38. The average molecular weight is 322 g/mol. The van der Waals surface area contributed by atoms with Gasteiger partial charge < -0.3 is 9.47 Å². The lowest BCUT2D eigenvalue weighted by Gasteiger charge is -2.50. The molecule has 8 heteroatoms. The van der Waals surface area contributed by atoms with Gasteiger partial charge in [0.15, 0.2) is 0 Å². The van der Waals surface area contributed by atoms with E-state index in [0.29, 0.717) is 17.2 Å². The van der Waals surface area contributed by atoms with Crippen molar-refractivity contribution in [3.8, 4) is 5.69 Å². The molecule has 22 heavy (non-hydrogen) atoms. The molecular weight excluding hydrogens is 304 g/mol. The second kappa shape index (κ2) is 5.77. The smallest absolute Gasteiger partial charge is 0.350 e. The lowest BCUT2D eigenvalue weighted by atomic mass is 9.66. The summed E-state index contributed by atoms with van der Waals surface area (Å²) in [6, 6.07) is 1.80. The Hall–Kier alpha value is -1.80. The first kappa shape index (κ1) is 15.1. The summed E-state index contributed by atoms with van der Waals surface area (Å²) in [5, 5.41) is 12.8. The maximum absolute atomic E-state index is 12.4. The summed E-state index contributed by atoms with van der Waals surface area (Å²) in [6.45, 7) is 6.76. The quantitative estimate of drug-likeness (QED) is 0.784. The number of rotatable bonds is 5. The average Bonchev–Trinajstić information content (AvgIpc) is 3.16. The van der Waals surface area contributed by atoms with Crippen LogP contribution in [-0.2, 0) is 9.47 Å². The van der Waals surface area contributed by atoms with Crippen molar-refractivity contribution in [2.24, 2.45) is 5.41 Å². The fraction of sp³-hybridized carbons (Fsp3) is 0.571. The molecule has 0 aliphatic heterocycles. The molecule has 3 rings (SSSR count). The number of ether oxygens (including phenoxy) is 2. The Morgan fingerprint density at radius 1 is 1.50 bits per heavy atom. The van der Waals surface area contributed by atoms with Crippen LogP contribution in [0.25, 0.3) is 5.69 Å². The zero-order chi connectivity index (χ0) is 15.7. The molecule has 1 saturated carbocycles. The normalized spacial score (nSPS) is 23.0. The third kappa shape index (κ3) is 2.52. The highest BCUT2D eigenvalue weighted by Gasteiger charge is 2.51. The van der Waals surface area contributed by atoms with E-state index in [9.17, 15) is 4.79 Å². The Kier molecular flexibility index (Phi) is 3.96. The topological polar surface area (TPSA) is 79.1 Å². The van der Waals surface area contributed by atoms with E-state index in [2.05, 4.69) is 29.4 Å². The van der Waals surface area contributed by atoms with E-state index in [4.69, 9.17) is 9.47 Å². The van der Waals surface area contributed by atoms with Gasteiger partial charge in [0, 0.05) is 18.4 Å². The van der Waals surface area contributed by atoms with Crippen molar-refractivity contribution in [2.75, 3.05) is 6.61 Å². The second-order valence-electron chi connectivity index (χ2n) is 5.78. The van der Waals surface area contributed by atoms with Gasteiger partial charge in [-0.25, -0.2) is 4.79 Å². The molecule has 0 N–H and O–H groups in total. The molecule has 0 unspecified atom stereocenters. The van der Waals surface area contributed by atoms with Crippen molar-refractivity contribution in [3.63, 3.8) is 0 Å². The van der Waals surface area contributed by atoms with Crippen LogP contribution in [0.3, 0.4) is 0 Å². The Bertz CT molecular complexity index is 653. The molecule has 1 aliphatic carbocycles. The van der Waals surface area contributed by atoms with Gasteiger partial charge in [-0.15, -0.1) is 16.4 Å². The first-order valence-electron chi connectivity index (χ1n) is 7.17. The standard InChI is InChI=1S/C14H18N4O3S/c1-4-20-10-7-11(14(10,2)3)21-13(19)12-9(5-6-22-12)18-8-15-16-17-18/h5-6,8,10-11H,4,7H2,1-3H3/t10-,11-/m0/s1. The van der Waals surface area contributed by atoms with Crippen LogP contribution < -0.4 is 0 Å². The van der Waals surface area contributed by atoms with Gasteiger partial charge in [0.2, 0.25) is 0 Å². The van der Waals surface area contributed by atoms with Gasteiger partial charge >= 0.3 is 5.97 Å². The zero-order valence-corrected chi connectivity index (χ0v) is 13.5. The van der Waals surface area contributed by atoms with E-state index in [1.54, 1.807) is 6.07 Å². The lowest BCUT2D eigenvalue weighted by molar-refractivity contribution is -0.174. The highest BCUT2D eigenvalue weighted by atomic mass is 32.1. The van der Waals surface area contributed by atoms with Gasteiger partial charge in [-0.2, -0.15) is 4.68 Å². The maximum Gasteiger partial charge on any atom is 0.350 e. The molecule has 1 fully saturated rings.